The molecular formula is C13H18N6O. The van der Waals surface area contributed by atoms with Crippen molar-refractivity contribution in [3.63, 3.8) is 0 Å². The molecule has 1 fully saturated rings. The number of methoxy groups -OCH3 is 1. The van der Waals surface area contributed by atoms with E-state index < -0.39 is 0 Å². The minimum absolute atomic E-state index is 0.243. The molecule has 1 aliphatic rings. The summed E-state index contributed by atoms with van der Waals surface area (Å²) in [5.41, 5.74) is 5.74. The summed E-state index contributed by atoms with van der Waals surface area (Å²) in [7, 11) is 1.58. The van der Waals surface area contributed by atoms with E-state index in [4.69, 9.17) is 10.5 Å². The van der Waals surface area contributed by atoms with Crippen molar-refractivity contribution in [1.29, 1.82) is 0 Å². The molecule has 3 heterocycles. The Kier molecular flexibility index (Phi) is 3.41. The Labute approximate surface area is 117 Å². The van der Waals surface area contributed by atoms with E-state index in [1.807, 2.05) is 18.6 Å². The summed E-state index contributed by atoms with van der Waals surface area (Å²) in [6.45, 7) is 1.87. The maximum absolute atomic E-state index is 5.74. The van der Waals surface area contributed by atoms with Crippen LogP contribution in [0, 0.1) is 0 Å². The molecule has 0 saturated carbocycles. The van der Waals surface area contributed by atoms with Crippen molar-refractivity contribution in [2.24, 2.45) is 0 Å². The zero-order valence-electron chi connectivity index (χ0n) is 11.4. The van der Waals surface area contributed by atoms with E-state index in [0.717, 1.165) is 31.7 Å². The monoisotopic (exact) mass is 274 g/mol. The Morgan fingerprint density at radius 3 is 3.10 bits per heavy atom. The molecule has 2 N–H and O–H groups in total. The molecule has 0 radical (unpaired) electrons. The molecule has 0 aliphatic carbocycles. The van der Waals surface area contributed by atoms with Crippen LogP contribution in [0.4, 0.5) is 11.8 Å². The lowest BCUT2D eigenvalue weighted by Gasteiger charge is -2.26. The van der Waals surface area contributed by atoms with Crippen LogP contribution in [0.5, 0.6) is 5.88 Å². The van der Waals surface area contributed by atoms with Crippen molar-refractivity contribution in [2.75, 3.05) is 24.3 Å². The van der Waals surface area contributed by atoms with Gasteiger partial charge in [-0.1, -0.05) is 0 Å². The van der Waals surface area contributed by atoms with E-state index in [9.17, 15) is 0 Å². The van der Waals surface area contributed by atoms with E-state index >= 15 is 0 Å². The Balaban J connectivity index is 1.82. The number of aromatic nitrogens is 4. The predicted molar refractivity (Wildman–Crippen MR) is 75.6 cm³/mol. The van der Waals surface area contributed by atoms with E-state index in [-0.39, 0.29) is 5.95 Å². The van der Waals surface area contributed by atoms with E-state index in [0.29, 0.717) is 11.9 Å². The average molecular weight is 274 g/mol. The highest BCUT2D eigenvalue weighted by Crippen LogP contribution is 2.27. The number of imidazole rings is 1. The fourth-order valence-electron chi connectivity index (χ4n) is 2.65. The van der Waals surface area contributed by atoms with Gasteiger partial charge in [0.05, 0.1) is 13.4 Å². The molecule has 0 spiro atoms. The maximum Gasteiger partial charge on any atom is 0.225 e. The quantitative estimate of drug-likeness (QED) is 0.893. The smallest absolute Gasteiger partial charge is 0.225 e. The molecule has 1 saturated heterocycles. The Bertz CT molecular complexity index is 570. The van der Waals surface area contributed by atoms with E-state index in [2.05, 4.69) is 24.4 Å². The van der Waals surface area contributed by atoms with Crippen LogP contribution in [-0.4, -0.2) is 39.2 Å². The summed E-state index contributed by atoms with van der Waals surface area (Å²) in [5.74, 6) is 1.57. The highest BCUT2D eigenvalue weighted by atomic mass is 16.5. The molecule has 7 nitrogen and oxygen atoms in total. The molecule has 0 aromatic carbocycles. The fraction of sp³-hybridized carbons (Fsp3) is 0.462. The van der Waals surface area contributed by atoms with Crippen molar-refractivity contribution < 1.29 is 4.74 Å². The van der Waals surface area contributed by atoms with Gasteiger partial charge >= 0.3 is 0 Å². The second-order valence-corrected chi connectivity index (χ2v) is 4.88. The van der Waals surface area contributed by atoms with Gasteiger partial charge < -0.3 is 19.9 Å². The molecule has 1 atom stereocenters. The number of nitrogens with zero attached hydrogens (tertiary/aromatic N) is 5. The van der Waals surface area contributed by atoms with Crippen molar-refractivity contribution in [3.05, 3.63) is 24.8 Å². The largest absolute Gasteiger partial charge is 0.481 e. The lowest BCUT2D eigenvalue weighted by molar-refractivity contribution is 0.397. The van der Waals surface area contributed by atoms with Crippen LogP contribution in [-0.2, 0) is 6.54 Å². The third-order valence-corrected chi connectivity index (χ3v) is 3.57. The number of rotatable bonds is 4. The molecule has 0 bridgehead atoms. The van der Waals surface area contributed by atoms with E-state index in [1.54, 1.807) is 13.3 Å². The normalized spacial score (nSPS) is 18.4. The fourth-order valence-corrected chi connectivity index (χ4v) is 2.65. The van der Waals surface area contributed by atoms with Crippen LogP contribution in [0.1, 0.15) is 12.8 Å². The van der Waals surface area contributed by atoms with Gasteiger partial charge in [0, 0.05) is 37.6 Å². The number of nitrogen functional groups attached to an aromatic ring is 1. The number of hydrogen-bond acceptors (Lipinski definition) is 6. The second kappa shape index (κ2) is 5.36. The molecule has 2 aromatic rings. The van der Waals surface area contributed by atoms with Crippen LogP contribution in [0.2, 0.25) is 0 Å². The van der Waals surface area contributed by atoms with Crippen LogP contribution < -0.4 is 15.4 Å². The van der Waals surface area contributed by atoms with Crippen molar-refractivity contribution in [2.45, 2.75) is 25.4 Å². The Hall–Kier alpha value is -2.31. The lowest BCUT2D eigenvalue weighted by atomic mass is 10.2. The summed E-state index contributed by atoms with van der Waals surface area (Å²) in [5, 5.41) is 0. The minimum Gasteiger partial charge on any atom is -0.481 e. The average Bonchev–Trinajstić information content (AvgIpc) is 3.10. The van der Waals surface area contributed by atoms with Gasteiger partial charge in [-0.2, -0.15) is 9.97 Å². The molecule has 2 aromatic heterocycles. The first-order valence-electron chi connectivity index (χ1n) is 6.67. The molecule has 1 aliphatic heterocycles. The first kappa shape index (κ1) is 12.7. The SMILES string of the molecule is COc1cc(N2CCC[C@@H]2Cn2ccnc2)nc(N)n1. The first-order chi connectivity index (χ1) is 9.76. The lowest BCUT2D eigenvalue weighted by Crippen LogP contribution is -2.33. The van der Waals surface area contributed by atoms with Gasteiger partial charge in [-0.15, -0.1) is 0 Å². The molecular weight excluding hydrogens is 256 g/mol. The molecule has 7 heteroatoms. The molecule has 0 amide bonds. The first-order valence-corrected chi connectivity index (χ1v) is 6.67. The zero-order chi connectivity index (χ0) is 13.9. The summed E-state index contributed by atoms with van der Waals surface area (Å²) in [4.78, 5) is 14.7. The predicted octanol–water partition coefficient (Wildman–Crippen LogP) is 0.933. The molecule has 20 heavy (non-hydrogen) atoms. The number of nitrogens with two attached hydrogens (primary N) is 1. The Morgan fingerprint density at radius 2 is 2.35 bits per heavy atom. The summed E-state index contributed by atoms with van der Waals surface area (Å²) >= 11 is 0. The highest BCUT2D eigenvalue weighted by molar-refractivity contribution is 5.47. The van der Waals surface area contributed by atoms with Gasteiger partial charge in [-0.25, -0.2) is 4.98 Å². The number of ether oxygens (including phenoxy) is 1. The van der Waals surface area contributed by atoms with Gasteiger partial charge in [0.15, 0.2) is 0 Å². The van der Waals surface area contributed by atoms with Crippen LogP contribution in [0.25, 0.3) is 0 Å². The van der Waals surface area contributed by atoms with Crippen molar-refractivity contribution in [1.82, 2.24) is 19.5 Å². The third kappa shape index (κ3) is 2.52. The van der Waals surface area contributed by atoms with Crippen molar-refractivity contribution in [3.8, 4) is 5.88 Å². The number of anilines is 2. The third-order valence-electron chi connectivity index (χ3n) is 3.57. The van der Waals surface area contributed by atoms with Crippen LogP contribution in [0.3, 0.4) is 0 Å². The second-order valence-electron chi connectivity index (χ2n) is 4.88. The van der Waals surface area contributed by atoms with Gasteiger partial charge in [-0.3, -0.25) is 0 Å². The minimum atomic E-state index is 0.243. The van der Waals surface area contributed by atoms with E-state index in [1.165, 1.54) is 0 Å². The Morgan fingerprint density at radius 1 is 1.45 bits per heavy atom. The van der Waals surface area contributed by atoms with Gasteiger partial charge in [0.2, 0.25) is 11.8 Å². The number of hydrogen-bond donors (Lipinski definition) is 1. The summed E-state index contributed by atoms with van der Waals surface area (Å²) < 4.78 is 7.25. The summed E-state index contributed by atoms with van der Waals surface area (Å²) in [6.07, 6.45) is 7.89. The van der Waals surface area contributed by atoms with Gasteiger partial charge in [0.1, 0.15) is 5.82 Å². The van der Waals surface area contributed by atoms with Crippen LogP contribution in [0.15, 0.2) is 24.8 Å². The molecule has 106 valence electrons. The topological polar surface area (TPSA) is 82.1 Å². The van der Waals surface area contributed by atoms with Crippen molar-refractivity contribution >= 4 is 11.8 Å². The molecule has 0 unspecified atom stereocenters. The maximum atomic E-state index is 5.74. The van der Waals surface area contributed by atoms with Gasteiger partial charge in [0.25, 0.3) is 0 Å². The van der Waals surface area contributed by atoms with Gasteiger partial charge in [-0.05, 0) is 12.8 Å². The zero-order valence-corrected chi connectivity index (χ0v) is 11.4. The molecule has 3 rings (SSSR count). The highest BCUT2D eigenvalue weighted by Gasteiger charge is 2.26. The van der Waals surface area contributed by atoms with Crippen LogP contribution >= 0.6 is 0 Å². The summed E-state index contributed by atoms with van der Waals surface area (Å²) in [6, 6.07) is 2.23. The standard InChI is InChI=1S/C13H18N6O/c1-20-12-7-11(16-13(14)17-12)19-5-2-3-10(19)8-18-6-4-15-9-18/h4,6-7,9-10H,2-3,5,8H2,1H3,(H2,14,16,17)/t10-/m1/s1.